The van der Waals surface area contributed by atoms with Gasteiger partial charge in [0.2, 0.25) is 0 Å². The number of aliphatic hydroxyl groups is 1. The zero-order valence-corrected chi connectivity index (χ0v) is 20.0. The number of thiazole rings is 1. The molecule has 2 aromatic heterocycles. The van der Waals surface area contributed by atoms with Crippen LogP contribution in [0.3, 0.4) is 0 Å². The maximum absolute atomic E-state index is 13.1. The van der Waals surface area contributed by atoms with E-state index in [1.807, 2.05) is 30.3 Å². The molecule has 0 aliphatic carbocycles. The van der Waals surface area contributed by atoms with Crippen LogP contribution in [0.1, 0.15) is 20.2 Å². The van der Waals surface area contributed by atoms with Crippen molar-refractivity contribution in [1.29, 1.82) is 5.26 Å². The molecule has 0 atom stereocenters. The molecule has 1 amide bonds. The molecule has 2 heterocycles. The number of rotatable bonds is 7. The van der Waals surface area contributed by atoms with Crippen molar-refractivity contribution in [3.8, 4) is 6.07 Å². The van der Waals surface area contributed by atoms with Crippen molar-refractivity contribution >= 4 is 78.1 Å². The molecule has 0 aliphatic rings. The van der Waals surface area contributed by atoms with E-state index in [0.29, 0.717) is 27.3 Å². The van der Waals surface area contributed by atoms with Gasteiger partial charge in [-0.2, -0.15) is 5.26 Å². The molecule has 2 aromatic carbocycles. The molecule has 0 aliphatic heterocycles. The Labute approximate surface area is 208 Å². The Kier molecular flexibility index (Phi) is 6.84. The number of carbonyl (C=O) groups is 1. The average Bonchev–Trinajstić information content (AvgIpc) is 3.40. The highest BCUT2D eigenvalue weighted by molar-refractivity contribution is 7.20. The first-order chi connectivity index (χ1) is 16.4. The van der Waals surface area contributed by atoms with Gasteiger partial charge in [-0.25, -0.2) is 4.98 Å². The number of thiophene rings is 1. The number of benzene rings is 2. The third kappa shape index (κ3) is 4.61. The summed E-state index contributed by atoms with van der Waals surface area (Å²) in [6, 6.07) is 16.1. The fourth-order valence-electron chi connectivity index (χ4n) is 3.16. The largest absolute Gasteiger partial charge is 0.505 e. The number of nitriles is 1. The van der Waals surface area contributed by atoms with Crippen molar-refractivity contribution in [3.05, 3.63) is 81.7 Å². The number of amides is 1. The fourth-order valence-corrected chi connectivity index (χ4v) is 5.32. The first kappa shape index (κ1) is 23.3. The van der Waals surface area contributed by atoms with Gasteiger partial charge in [-0.1, -0.05) is 29.8 Å². The number of aliphatic hydroxyl groups excluding tert-OH is 1. The number of carbonyl (C=O) groups excluding carboxylic acids is 1. The average molecular weight is 508 g/mol. The van der Waals surface area contributed by atoms with Crippen LogP contribution in [0.5, 0.6) is 0 Å². The summed E-state index contributed by atoms with van der Waals surface area (Å²) in [6.07, 6.45) is 1.63. The molecule has 0 unspecified atom stereocenters. The Hall–Kier alpha value is -3.84. The molecular formula is C24H18ClN5O2S2. The summed E-state index contributed by atoms with van der Waals surface area (Å²) in [4.78, 5) is 17.8. The van der Waals surface area contributed by atoms with Gasteiger partial charge >= 0.3 is 0 Å². The van der Waals surface area contributed by atoms with Crippen molar-refractivity contribution in [2.75, 3.05) is 22.9 Å². The number of allylic oxidation sites excluding steroid dienone is 1. The zero-order valence-electron chi connectivity index (χ0n) is 17.6. The molecule has 7 nitrogen and oxygen atoms in total. The third-order valence-electron chi connectivity index (χ3n) is 4.75. The molecule has 34 heavy (non-hydrogen) atoms. The minimum atomic E-state index is -0.472. The van der Waals surface area contributed by atoms with Gasteiger partial charge in [0, 0.05) is 17.3 Å². The molecular weight excluding hydrogens is 490 g/mol. The van der Waals surface area contributed by atoms with Crippen LogP contribution in [0.2, 0.25) is 5.02 Å². The van der Waals surface area contributed by atoms with Crippen LogP contribution in [0.4, 0.5) is 16.4 Å². The second-order valence-electron chi connectivity index (χ2n) is 7.00. The lowest BCUT2D eigenvalue weighted by molar-refractivity contribution is 0.102. The van der Waals surface area contributed by atoms with Gasteiger partial charge in [0.05, 0.1) is 26.3 Å². The summed E-state index contributed by atoms with van der Waals surface area (Å²) in [6.45, 7) is 4.05. The van der Waals surface area contributed by atoms with Crippen molar-refractivity contribution in [2.45, 2.75) is 0 Å². The monoisotopic (exact) mass is 507 g/mol. The number of nitrogens with one attached hydrogen (secondary N) is 2. The first-order valence-electron chi connectivity index (χ1n) is 9.96. The van der Waals surface area contributed by atoms with Gasteiger partial charge in [0.1, 0.15) is 21.7 Å². The van der Waals surface area contributed by atoms with Crippen molar-refractivity contribution in [2.24, 2.45) is 0 Å². The maximum atomic E-state index is 13.1. The van der Waals surface area contributed by atoms with E-state index in [4.69, 9.17) is 17.3 Å². The third-order valence-corrected chi connectivity index (χ3v) is 7.23. The van der Waals surface area contributed by atoms with Gasteiger partial charge in [-0.3, -0.25) is 4.79 Å². The Balaban J connectivity index is 1.78. The molecule has 0 saturated carbocycles. The molecule has 0 saturated heterocycles. The summed E-state index contributed by atoms with van der Waals surface area (Å²) in [5, 5.41) is 28.1. The number of para-hydroxylation sites is 1. The quantitative estimate of drug-likeness (QED) is 0.130. The summed E-state index contributed by atoms with van der Waals surface area (Å²) in [5.41, 5.74) is 7.78. The minimum Gasteiger partial charge on any atom is -0.505 e. The highest BCUT2D eigenvalue weighted by atomic mass is 35.5. The normalized spacial score (nSPS) is 11.5. The van der Waals surface area contributed by atoms with Crippen LogP contribution in [0.15, 0.2) is 61.2 Å². The van der Waals surface area contributed by atoms with Gasteiger partial charge in [0.25, 0.3) is 5.91 Å². The predicted molar refractivity (Wildman–Crippen MR) is 141 cm³/mol. The van der Waals surface area contributed by atoms with Crippen molar-refractivity contribution < 1.29 is 9.90 Å². The van der Waals surface area contributed by atoms with E-state index in [2.05, 4.69) is 22.2 Å². The summed E-state index contributed by atoms with van der Waals surface area (Å²) < 4.78 is 0.883. The van der Waals surface area contributed by atoms with Crippen molar-refractivity contribution in [1.82, 2.24) is 4.98 Å². The Morgan fingerprint density at radius 3 is 2.65 bits per heavy atom. The molecule has 0 fully saturated rings. The smallest absolute Gasteiger partial charge is 0.260 e. The lowest BCUT2D eigenvalue weighted by atomic mass is 10.1. The van der Waals surface area contributed by atoms with Gasteiger partial charge in [-0.15, -0.1) is 29.3 Å². The second kappa shape index (κ2) is 9.97. The number of aromatic nitrogens is 1. The highest BCUT2D eigenvalue weighted by Gasteiger charge is 2.26. The molecule has 170 valence electrons. The van der Waals surface area contributed by atoms with Crippen molar-refractivity contribution in [3.63, 3.8) is 0 Å². The number of nitrogens with two attached hydrogens (primary N) is 1. The van der Waals surface area contributed by atoms with Crippen LogP contribution in [0, 0.1) is 11.3 Å². The molecule has 4 aromatic rings. The van der Waals surface area contributed by atoms with Crippen LogP contribution in [0.25, 0.3) is 21.5 Å². The second-order valence-corrected chi connectivity index (χ2v) is 9.49. The number of hydrogen-bond acceptors (Lipinski definition) is 8. The maximum Gasteiger partial charge on any atom is 0.260 e. The van der Waals surface area contributed by atoms with E-state index in [1.54, 1.807) is 30.3 Å². The van der Waals surface area contributed by atoms with Crippen LogP contribution >= 0.6 is 34.3 Å². The van der Waals surface area contributed by atoms with E-state index >= 15 is 0 Å². The predicted octanol–water partition coefficient (Wildman–Crippen LogP) is 6.39. The number of nitrogen functional groups attached to an aromatic ring is 1. The number of anilines is 3. The molecule has 4 rings (SSSR count). The fraction of sp³-hybridized carbons (Fsp3) is 0.0417. The van der Waals surface area contributed by atoms with E-state index in [-0.39, 0.29) is 27.5 Å². The van der Waals surface area contributed by atoms with Gasteiger partial charge in [0.15, 0.2) is 5.76 Å². The number of fused-ring (bicyclic) bond motifs is 1. The Morgan fingerprint density at radius 1 is 1.24 bits per heavy atom. The first-order valence-corrected chi connectivity index (χ1v) is 12.0. The molecule has 0 radical (unpaired) electrons. The van der Waals surface area contributed by atoms with Gasteiger partial charge < -0.3 is 21.5 Å². The highest BCUT2D eigenvalue weighted by Crippen LogP contribution is 2.42. The lowest BCUT2D eigenvalue weighted by Crippen LogP contribution is -2.15. The number of halogens is 1. The van der Waals surface area contributed by atoms with E-state index < -0.39 is 5.91 Å². The number of hydrogen-bond donors (Lipinski definition) is 4. The molecule has 0 spiro atoms. The minimum absolute atomic E-state index is 0.0194. The van der Waals surface area contributed by atoms with Crippen LogP contribution < -0.4 is 16.4 Å². The Morgan fingerprint density at radius 2 is 1.97 bits per heavy atom. The van der Waals surface area contributed by atoms with Crippen LogP contribution in [-0.2, 0) is 0 Å². The van der Waals surface area contributed by atoms with E-state index in [1.165, 1.54) is 11.3 Å². The lowest BCUT2D eigenvalue weighted by Gasteiger charge is -2.08. The van der Waals surface area contributed by atoms with E-state index in [0.717, 1.165) is 21.6 Å². The summed E-state index contributed by atoms with van der Waals surface area (Å²) >= 11 is 8.28. The summed E-state index contributed by atoms with van der Waals surface area (Å²) in [7, 11) is 0. The topological polar surface area (TPSA) is 124 Å². The SMILES string of the molecule is C=CCNc1sc(/C(O)=C(\C#N)c2nc3ccccc3s2)c(N)c1C(=O)Nc1ccc(Cl)cc1. The zero-order chi connectivity index (χ0) is 24.2. The number of nitrogens with zero attached hydrogens (tertiary/aromatic N) is 2. The van der Waals surface area contributed by atoms with Gasteiger partial charge in [-0.05, 0) is 36.4 Å². The van der Waals surface area contributed by atoms with E-state index in [9.17, 15) is 15.2 Å². The van der Waals surface area contributed by atoms with Crippen LogP contribution in [-0.4, -0.2) is 22.5 Å². The molecule has 0 bridgehead atoms. The molecule has 10 heteroatoms. The summed E-state index contributed by atoms with van der Waals surface area (Å²) in [5.74, 6) is -0.809. The molecule has 5 N–H and O–H groups in total. The standard InChI is InChI=1S/C24H18ClN5O2S2/c1-2-11-28-24-18(22(32)29-14-9-7-13(25)8-10-14)19(27)21(34-24)20(31)15(12-26)23-30-16-5-3-4-6-17(16)33-23/h2-10,28,31H,1,11,27H2,(H,29,32)/b20-15-. The Bertz CT molecular complexity index is 1430.